The molecule has 3 rings (SSSR count). The van der Waals surface area contributed by atoms with Gasteiger partial charge in [-0.05, 0) is 36.3 Å². The lowest BCUT2D eigenvalue weighted by Crippen LogP contribution is -2.50. The molecule has 1 unspecified atom stereocenters. The van der Waals surface area contributed by atoms with Crippen LogP contribution < -0.4 is 0 Å². The molecule has 142 valence electrons. The molecule has 0 N–H and O–H groups in total. The molecule has 1 atom stereocenters. The lowest BCUT2D eigenvalue weighted by molar-refractivity contribution is -0.147. The summed E-state index contributed by atoms with van der Waals surface area (Å²) >= 11 is 0. The van der Waals surface area contributed by atoms with Gasteiger partial charge in [-0.1, -0.05) is 38.1 Å². The Kier molecular flexibility index (Phi) is 5.66. The summed E-state index contributed by atoms with van der Waals surface area (Å²) in [5.74, 6) is 0.709. The number of carbonyl (C=O) groups excluding carboxylic acids is 2. The van der Waals surface area contributed by atoms with Crippen molar-refractivity contribution in [2.45, 2.75) is 45.6 Å². The highest BCUT2D eigenvalue weighted by Gasteiger charge is 2.49. The normalized spacial score (nSPS) is 23.3. The fraction of sp³-hybridized carbons (Fsp3) is 0.619. The molecule has 2 saturated heterocycles. The highest BCUT2D eigenvalue weighted by molar-refractivity contribution is 5.86. The number of amides is 2. The molecule has 26 heavy (non-hydrogen) atoms. The third kappa shape index (κ3) is 3.78. The monoisotopic (exact) mass is 358 g/mol. The number of carbonyl (C=O) groups is 2. The van der Waals surface area contributed by atoms with E-state index in [0.29, 0.717) is 25.6 Å². The first-order valence-corrected chi connectivity index (χ1v) is 9.60. The smallest absolute Gasteiger partial charge is 0.248 e. The van der Waals surface area contributed by atoms with Gasteiger partial charge < -0.3 is 14.5 Å². The van der Waals surface area contributed by atoms with E-state index in [1.807, 2.05) is 4.90 Å². The van der Waals surface area contributed by atoms with Crippen LogP contribution in [0.15, 0.2) is 24.3 Å². The lowest BCUT2D eigenvalue weighted by Gasteiger charge is -2.39. The van der Waals surface area contributed by atoms with Crippen LogP contribution in [0.2, 0.25) is 0 Å². The van der Waals surface area contributed by atoms with Crippen molar-refractivity contribution in [2.75, 3.05) is 33.4 Å². The van der Waals surface area contributed by atoms with Gasteiger partial charge in [0.25, 0.3) is 0 Å². The first kappa shape index (κ1) is 18.9. The number of benzene rings is 1. The SMILES string of the molecule is COCC(=O)N1CCC2(CCCN(Cc3ccc(C(C)C)cc3)C2=O)C1. The molecule has 1 aromatic carbocycles. The minimum absolute atomic E-state index is 0.0152. The first-order chi connectivity index (χ1) is 12.4. The topological polar surface area (TPSA) is 49.9 Å². The third-order valence-corrected chi connectivity index (χ3v) is 5.82. The van der Waals surface area contributed by atoms with Gasteiger partial charge in [-0.25, -0.2) is 0 Å². The van der Waals surface area contributed by atoms with Crippen LogP contribution in [0.5, 0.6) is 0 Å². The second kappa shape index (κ2) is 7.78. The minimum Gasteiger partial charge on any atom is -0.375 e. The van der Waals surface area contributed by atoms with Gasteiger partial charge in [-0.15, -0.1) is 0 Å². The zero-order valence-corrected chi connectivity index (χ0v) is 16.2. The largest absolute Gasteiger partial charge is 0.375 e. The first-order valence-electron chi connectivity index (χ1n) is 9.60. The van der Waals surface area contributed by atoms with Crippen molar-refractivity contribution >= 4 is 11.8 Å². The van der Waals surface area contributed by atoms with Crippen LogP contribution in [-0.2, 0) is 20.9 Å². The van der Waals surface area contributed by atoms with Crippen molar-refractivity contribution in [2.24, 2.45) is 5.41 Å². The molecule has 0 bridgehead atoms. The Morgan fingerprint density at radius 1 is 1.19 bits per heavy atom. The molecule has 0 aromatic heterocycles. The van der Waals surface area contributed by atoms with Crippen LogP contribution in [0.25, 0.3) is 0 Å². The molecular weight excluding hydrogens is 328 g/mol. The number of hydrogen-bond acceptors (Lipinski definition) is 3. The fourth-order valence-corrected chi connectivity index (χ4v) is 4.21. The van der Waals surface area contributed by atoms with E-state index in [0.717, 1.165) is 25.8 Å². The van der Waals surface area contributed by atoms with Crippen molar-refractivity contribution < 1.29 is 14.3 Å². The summed E-state index contributed by atoms with van der Waals surface area (Å²) in [4.78, 5) is 29.1. The quantitative estimate of drug-likeness (QED) is 0.813. The summed E-state index contributed by atoms with van der Waals surface area (Å²) in [6, 6.07) is 8.58. The maximum absolute atomic E-state index is 13.2. The average molecular weight is 358 g/mol. The van der Waals surface area contributed by atoms with Gasteiger partial charge >= 0.3 is 0 Å². The second-order valence-electron chi connectivity index (χ2n) is 8.01. The van der Waals surface area contributed by atoms with Crippen LogP contribution in [0.3, 0.4) is 0 Å². The van der Waals surface area contributed by atoms with Crippen LogP contribution in [-0.4, -0.2) is 55.0 Å². The van der Waals surface area contributed by atoms with Gasteiger partial charge in [0.2, 0.25) is 11.8 Å². The Morgan fingerprint density at radius 3 is 2.58 bits per heavy atom. The Morgan fingerprint density at radius 2 is 1.92 bits per heavy atom. The maximum Gasteiger partial charge on any atom is 0.248 e. The van der Waals surface area contributed by atoms with E-state index in [4.69, 9.17) is 4.74 Å². The zero-order valence-electron chi connectivity index (χ0n) is 16.2. The molecule has 5 heteroatoms. The molecule has 0 saturated carbocycles. The minimum atomic E-state index is -0.389. The van der Waals surface area contributed by atoms with Gasteiger partial charge in [0.15, 0.2) is 0 Å². The molecule has 2 aliphatic rings. The number of piperidine rings is 1. The molecule has 0 radical (unpaired) electrons. The third-order valence-electron chi connectivity index (χ3n) is 5.82. The Hall–Kier alpha value is -1.88. The molecule has 2 amide bonds. The van der Waals surface area contributed by atoms with Gasteiger partial charge in [-0.2, -0.15) is 0 Å². The highest BCUT2D eigenvalue weighted by atomic mass is 16.5. The van der Waals surface area contributed by atoms with E-state index in [-0.39, 0.29) is 23.8 Å². The van der Waals surface area contributed by atoms with Crippen molar-refractivity contribution in [1.82, 2.24) is 9.80 Å². The van der Waals surface area contributed by atoms with Crippen molar-refractivity contribution in [1.29, 1.82) is 0 Å². The average Bonchev–Trinajstić information content (AvgIpc) is 3.05. The molecule has 1 spiro atoms. The summed E-state index contributed by atoms with van der Waals surface area (Å²) in [5.41, 5.74) is 2.10. The van der Waals surface area contributed by atoms with Crippen molar-refractivity contribution in [3.05, 3.63) is 35.4 Å². The van der Waals surface area contributed by atoms with Gasteiger partial charge in [0.1, 0.15) is 6.61 Å². The summed E-state index contributed by atoms with van der Waals surface area (Å²) in [6.07, 6.45) is 2.65. The Bertz CT molecular complexity index is 656. The van der Waals surface area contributed by atoms with E-state index >= 15 is 0 Å². The lowest BCUT2D eigenvalue weighted by atomic mass is 9.78. The maximum atomic E-state index is 13.2. The summed E-state index contributed by atoms with van der Waals surface area (Å²) in [5, 5.41) is 0. The van der Waals surface area contributed by atoms with Gasteiger partial charge in [-0.3, -0.25) is 9.59 Å². The van der Waals surface area contributed by atoms with E-state index in [1.54, 1.807) is 4.90 Å². The summed E-state index contributed by atoms with van der Waals surface area (Å²) in [7, 11) is 1.53. The molecular formula is C21H30N2O3. The summed E-state index contributed by atoms with van der Waals surface area (Å²) in [6.45, 7) is 7.12. The number of nitrogens with zero attached hydrogens (tertiary/aromatic N) is 2. The van der Waals surface area contributed by atoms with E-state index in [2.05, 4.69) is 38.1 Å². The van der Waals surface area contributed by atoms with Crippen LogP contribution in [0, 0.1) is 5.41 Å². The number of methoxy groups -OCH3 is 1. The number of ether oxygens (including phenoxy) is 1. The molecule has 1 aromatic rings. The van der Waals surface area contributed by atoms with E-state index < -0.39 is 0 Å². The predicted octanol–water partition coefficient (Wildman–Crippen LogP) is 2.80. The van der Waals surface area contributed by atoms with Gasteiger partial charge in [0, 0.05) is 33.3 Å². The van der Waals surface area contributed by atoms with Crippen LogP contribution >= 0.6 is 0 Å². The summed E-state index contributed by atoms with van der Waals surface area (Å²) < 4.78 is 4.96. The number of rotatable bonds is 5. The van der Waals surface area contributed by atoms with Crippen LogP contribution in [0.4, 0.5) is 0 Å². The number of hydrogen-bond donors (Lipinski definition) is 0. The van der Waals surface area contributed by atoms with Crippen molar-refractivity contribution in [3.8, 4) is 0 Å². The Balaban J connectivity index is 1.67. The molecule has 0 aliphatic carbocycles. The van der Waals surface area contributed by atoms with Crippen molar-refractivity contribution in [3.63, 3.8) is 0 Å². The fourth-order valence-electron chi connectivity index (χ4n) is 4.21. The highest BCUT2D eigenvalue weighted by Crippen LogP contribution is 2.40. The Labute approximate surface area is 156 Å². The molecule has 5 nitrogen and oxygen atoms in total. The molecule has 2 heterocycles. The molecule has 2 fully saturated rings. The molecule has 2 aliphatic heterocycles. The predicted molar refractivity (Wildman–Crippen MR) is 101 cm³/mol. The van der Waals surface area contributed by atoms with Crippen LogP contribution in [0.1, 0.15) is 50.2 Å². The van der Waals surface area contributed by atoms with E-state index in [9.17, 15) is 9.59 Å². The number of likely N-dealkylation sites (tertiary alicyclic amines) is 2. The second-order valence-corrected chi connectivity index (χ2v) is 8.01. The van der Waals surface area contributed by atoms with E-state index in [1.165, 1.54) is 18.2 Å². The zero-order chi connectivity index (χ0) is 18.7. The standard InChI is InChI=1S/C21H30N2O3/c1-16(2)18-7-5-17(6-8-18)13-22-11-4-9-21(20(22)25)10-12-23(15-21)19(24)14-26-3/h5-8,16H,4,9-15H2,1-3H3. The van der Waals surface area contributed by atoms with Gasteiger partial charge in [0.05, 0.1) is 5.41 Å².